The fraction of sp³-hybridized carbons (Fsp3) is 0.194. The summed E-state index contributed by atoms with van der Waals surface area (Å²) in [6.45, 7) is 1.30. The second-order valence-electron chi connectivity index (χ2n) is 9.28. The predicted molar refractivity (Wildman–Crippen MR) is 149 cm³/mol. The van der Waals surface area contributed by atoms with Gasteiger partial charge >= 0.3 is 15.6 Å². The van der Waals surface area contributed by atoms with Crippen LogP contribution < -0.4 is 8.92 Å². The summed E-state index contributed by atoms with van der Waals surface area (Å²) in [5.41, 5.74) is 0.465. The van der Waals surface area contributed by atoms with Gasteiger partial charge in [0.2, 0.25) is 0 Å². The summed E-state index contributed by atoms with van der Waals surface area (Å²) < 4.78 is 77.5. The van der Waals surface area contributed by atoms with Crippen molar-refractivity contribution in [3.63, 3.8) is 0 Å². The standard InChI is InChI=1S/C31H26F3NO5S/c32-31(33,34)41(36,37)40-26-14-16-27-24(20-26)11-15-28(29-8-4-5-17-35-29)30(27)23-9-12-25(13-10-23)39-19-18-38-21-22-6-2-1-3-7-22/h1-10,12-14,16-17,20H,11,15,18-19,21H2. The second kappa shape index (κ2) is 12.2. The highest BCUT2D eigenvalue weighted by Gasteiger charge is 2.48. The number of aryl methyl sites for hydroxylation is 1. The van der Waals surface area contributed by atoms with Crippen LogP contribution in [-0.2, 0) is 27.9 Å². The van der Waals surface area contributed by atoms with Crippen LogP contribution in [0.25, 0.3) is 11.1 Å². The number of hydrogen-bond acceptors (Lipinski definition) is 6. The number of aromatic nitrogens is 1. The molecule has 5 rings (SSSR count). The van der Waals surface area contributed by atoms with Gasteiger partial charge < -0.3 is 13.7 Å². The molecule has 0 atom stereocenters. The van der Waals surface area contributed by atoms with Crippen LogP contribution in [0.3, 0.4) is 0 Å². The van der Waals surface area contributed by atoms with Crippen molar-refractivity contribution in [2.24, 2.45) is 0 Å². The Kier molecular flexibility index (Phi) is 8.41. The lowest BCUT2D eigenvalue weighted by molar-refractivity contribution is -0.0500. The molecule has 0 aliphatic heterocycles. The van der Waals surface area contributed by atoms with Crippen LogP contribution in [0.1, 0.15) is 34.4 Å². The van der Waals surface area contributed by atoms with Gasteiger partial charge in [0.1, 0.15) is 18.1 Å². The molecule has 3 aromatic carbocycles. The monoisotopic (exact) mass is 581 g/mol. The number of nitrogens with zero attached hydrogens (tertiary/aromatic N) is 1. The van der Waals surface area contributed by atoms with E-state index in [-0.39, 0.29) is 5.75 Å². The van der Waals surface area contributed by atoms with Crippen LogP contribution in [0.4, 0.5) is 13.2 Å². The van der Waals surface area contributed by atoms with Crippen LogP contribution in [0.5, 0.6) is 11.5 Å². The van der Waals surface area contributed by atoms with E-state index in [1.165, 1.54) is 12.1 Å². The number of fused-ring (bicyclic) bond motifs is 1. The van der Waals surface area contributed by atoms with Crippen molar-refractivity contribution in [1.29, 1.82) is 0 Å². The Labute approximate surface area is 236 Å². The molecule has 1 aliphatic carbocycles. The van der Waals surface area contributed by atoms with E-state index in [0.29, 0.717) is 44.0 Å². The molecule has 0 bridgehead atoms. The van der Waals surface area contributed by atoms with Crippen molar-refractivity contribution in [3.8, 4) is 11.5 Å². The minimum atomic E-state index is -5.77. The predicted octanol–water partition coefficient (Wildman–Crippen LogP) is 6.81. The molecule has 4 aromatic rings. The van der Waals surface area contributed by atoms with Gasteiger partial charge in [0, 0.05) is 6.20 Å². The highest BCUT2D eigenvalue weighted by Crippen LogP contribution is 2.42. The molecule has 6 nitrogen and oxygen atoms in total. The molecule has 0 fully saturated rings. The minimum absolute atomic E-state index is 0.376. The van der Waals surface area contributed by atoms with E-state index < -0.39 is 15.6 Å². The fourth-order valence-electron chi connectivity index (χ4n) is 4.62. The maximum atomic E-state index is 12.9. The summed E-state index contributed by atoms with van der Waals surface area (Å²) in [5.74, 6) is 0.272. The molecule has 0 spiro atoms. The highest BCUT2D eigenvalue weighted by molar-refractivity contribution is 7.88. The maximum absolute atomic E-state index is 12.9. The number of allylic oxidation sites excluding steroid dienone is 1. The molecule has 1 heterocycles. The van der Waals surface area contributed by atoms with Gasteiger partial charge in [0.15, 0.2) is 0 Å². The molecule has 0 saturated heterocycles. The Morgan fingerprint density at radius 3 is 2.24 bits per heavy atom. The Bertz CT molecular complexity index is 1620. The third-order valence-electron chi connectivity index (χ3n) is 6.51. The number of halogens is 3. The molecule has 0 radical (unpaired) electrons. The van der Waals surface area contributed by atoms with E-state index in [1.54, 1.807) is 12.3 Å². The average molecular weight is 582 g/mol. The molecule has 1 aliphatic rings. The molecule has 0 amide bonds. The lowest BCUT2D eigenvalue weighted by Gasteiger charge is -2.24. The van der Waals surface area contributed by atoms with E-state index in [9.17, 15) is 21.6 Å². The maximum Gasteiger partial charge on any atom is 0.534 e. The molecule has 10 heteroatoms. The molecule has 0 unspecified atom stereocenters. The Balaban J connectivity index is 1.37. The lowest BCUT2D eigenvalue weighted by atomic mass is 9.81. The number of hydrogen-bond donors (Lipinski definition) is 0. The van der Waals surface area contributed by atoms with Crippen molar-refractivity contribution in [3.05, 3.63) is 125 Å². The molecule has 0 N–H and O–H groups in total. The topological polar surface area (TPSA) is 74.7 Å². The van der Waals surface area contributed by atoms with Crippen LogP contribution in [0.2, 0.25) is 0 Å². The SMILES string of the molecule is O=S(=O)(Oc1ccc2c(c1)CCC(c1ccccn1)=C2c1ccc(OCCOCc2ccccc2)cc1)C(F)(F)F. The first-order valence-corrected chi connectivity index (χ1v) is 14.3. The van der Waals surface area contributed by atoms with Gasteiger partial charge in [-0.25, -0.2) is 0 Å². The Morgan fingerprint density at radius 2 is 1.54 bits per heavy atom. The number of ether oxygens (including phenoxy) is 2. The Morgan fingerprint density at radius 1 is 0.805 bits per heavy atom. The summed E-state index contributed by atoms with van der Waals surface area (Å²) >= 11 is 0. The Hall–Kier alpha value is -4.15. The number of pyridine rings is 1. The molecular formula is C31H26F3NO5S. The molecule has 212 valence electrons. The van der Waals surface area contributed by atoms with Gasteiger partial charge in [0.25, 0.3) is 0 Å². The summed E-state index contributed by atoms with van der Waals surface area (Å²) in [6, 6.07) is 27.1. The summed E-state index contributed by atoms with van der Waals surface area (Å²) in [7, 11) is -5.77. The van der Waals surface area contributed by atoms with Crippen molar-refractivity contribution < 1.29 is 35.2 Å². The normalized spacial score (nSPS) is 13.5. The second-order valence-corrected chi connectivity index (χ2v) is 10.8. The van der Waals surface area contributed by atoms with Crippen molar-refractivity contribution in [2.45, 2.75) is 25.0 Å². The van der Waals surface area contributed by atoms with Crippen molar-refractivity contribution in [1.82, 2.24) is 4.98 Å². The fourth-order valence-corrected chi connectivity index (χ4v) is 5.07. The highest BCUT2D eigenvalue weighted by atomic mass is 32.2. The summed E-state index contributed by atoms with van der Waals surface area (Å²) in [5, 5.41) is 0. The molecular weight excluding hydrogens is 555 g/mol. The van der Waals surface area contributed by atoms with E-state index in [4.69, 9.17) is 9.47 Å². The van der Waals surface area contributed by atoms with Crippen LogP contribution >= 0.6 is 0 Å². The van der Waals surface area contributed by atoms with E-state index >= 15 is 0 Å². The van der Waals surface area contributed by atoms with Gasteiger partial charge in [-0.05, 0) is 82.6 Å². The molecule has 1 aromatic heterocycles. The van der Waals surface area contributed by atoms with Gasteiger partial charge in [-0.1, -0.05) is 54.6 Å². The minimum Gasteiger partial charge on any atom is -0.491 e. The first-order chi connectivity index (χ1) is 19.7. The van der Waals surface area contributed by atoms with E-state index in [0.717, 1.165) is 33.5 Å². The van der Waals surface area contributed by atoms with Crippen LogP contribution in [0, 0.1) is 0 Å². The number of benzene rings is 3. The summed E-state index contributed by atoms with van der Waals surface area (Å²) in [6.07, 6.45) is 2.72. The summed E-state index contributed by atoms with van der Waals surface area (Å²) in [4.78, 5) is 4.52. The van der Waals surface area contributed by atoms with Crippen molar-refractivity contribution >= 4 is 21.3 Å². The number of rotatable bonds is 10. The van der Waals surface area contributed by atoms with Crippen molar-refractivity contribution in [2.75, 3.05) is 13.2 Å². The van der Waals surface area contributed by atoms with Gasteiger partial charge in [0.05, 0.1) is 18.9 Å². The number of alkyl halides is 3. The zero-order valence-corrected chi connectivity index (χ0v) is 22.6. The first kappa shape index (κ1) is 28.4. The third-order valence-corrected chi connectivity index (χ3v) is 7.49. The quantitative estimate of drug-likeness (QED) is 0.116. The first-order valence-electron chi connectivity index (χ1n) is 12.8. The lowest BCUT2D eigenvalue weighted by Crippen LogP contribution is -2.28. The zero-order valence-electron chi connectivity index (χ0n) is 21.8. The molecule has 0 saturated carbocycles. The largest absolute Gasteiger partial charge is 0.534 e. The molecule has 41 heavy (non-hydrogen) atoms. The average Bonchev–Trinajstić information content (AvgIpc) is 2.97. The third kappa shape index (κ3) is 6.78. The smallest absolute Gasteiger partial charge is 0.491 e. The van der Waals surface area contributed by atoms with Gasteiger partial charge in [-0.2, -0.15) is 21.6 Å². The van der Waals surface area contributed by atoms with E-state index in [1.807, 2.05) is 72.8 Å². The van der Waals surface area contributed by atoms with Crippen LogP contribution in [0.15, 0.2) is 97.2 Å². The van der Waals surface area contributed by atoms with E-state index in [2.05, 4.69) is 9.17 Å². The van der Waals surface area contributed by atoms with Crippen LogP contribution in [-0.4, -0.2) is 32.1 Å². The van der Waals surface area contributed by atoms with Gasteiger partial charge in [-0.15, -0.1) is 0 Å². The zero-order chi connectivity index (χ0) is 28.9. The van der Waals surface area contributed by atoms with Gasteiger partial charge in [-0.3, -0.25) is 4.98 Å².